The van der Waals surface area contributed by atoms with Crippen molar-refractivity contribution in [2.45, 2.75) is 45.6 Å². The minimum absolute atomic E-state index is 0.0199. The fourth-order valence-electron chi connectivity index (χ4n) is 4.77. The van der Waals surface area contributed by atoms with E-state index in [0.29, 0.717) is 17.8 Å². The molecule has 0 spiro atoms. The van der Waals surface area contributed by atoms with Gasteiger partial charge in [-0.15, -0.1) is 0 Å². The second kappa shape index (κ2) is 9.63. The Kier molecular flexibility index (Phi) is 6.68. The van der Waals surface area contributed by atoms with Gasteiger partial charge in [-0.2, -0.15) is 0 Å². The molecule has 4 rings (SSSR count). The van der Waals surface area contributed by atoms with Crippen LogP contribution in [0.5, 0.6) is 0 Å². The van der Waals surface area contributed by atoms with E-state index < -0.39 is 0 Å². The van der Waals surface area contributed by atoms with Crippen LogP contribution in [-0.4, -0.2) is 61.0 Å². The number of likely N-dealkylation sites (tertiary alicyclic amines) is 2. The number of likely N-dealkylation sites (N-methyl/N-ethyl adjacent to an activating group) is 1. The Hall–Kier alpha value is -3.02. The second-order valence-electron chi connectivity index (χ2n) is 9.12. The van der Waals surface area contributed by atoms with Crippen LogP contribution >= 0.6 is 0 Å². The number of carbonyl (C=O) groups excluding carboxylic acids is 2. The Labute approximate surface area is 191 Å². The minimum atomic E-state index is -0.131. The molecule has 2 aromatic rings. The molecule has 32 heavy (non-hydrogen) atoms. The Morgan fingerprint density at radius 1 is 0.938 bits per heavy atom. The molecule has 0 saturated carbocycles. The van der Waals surface area contributed by atoms with Crippen molar-refractivity contribution in [3.05, 3.63) is 59.2 Å². The zero-order valence-corrected chi connectivity index (χ0v) is 19.4. The third-order valence-electron chi connectivity index (χ3n) is 6.79. The molecule has 2 heterocycles. The third kappa shape index (κ3) is 4.74. The lowest BCUT2D eigenvalue weighted by atomic mass is 10.0. The van der Waals surface area contributed by atoms with Gasteiger partial charge in [-0.25, -0.2) is 4.79 Å². The van der Waals surface area contributed by atoms with Gasteiger partial charge in [0, 0.05) is 45.0 Å². The summed E-state index contributed by atoms with van der Waals surface area (Å²) in [5, 5.41) is 3.05. The molecule has 2 fully saturated rings. The van der Waals surface area contributed by atoms with E-state index in [9.17, 15) is 9.59 Å². The standard InChI is InChI=1S/C26H34N4O2/c1-19-11-13-21(14-12-19)28(3)22-9-7-17-30(18-22)26(32)27-23-10-6-8-20(2)24(23)25(31)29-15-4-5-16-29/h6,8,10-14,22H,4-5,7,9,15-18H2,1-3H3,(H,27,32)/t22-/m1/s1. The van der Waals surface area contributed by atoms with Gasteiger partial charge in [0.05, 0.1) is 11.3 Å². The first-order chi connectivity index (χ1) is 15.4. The molecular weight excluding hydrogens is 400 g/mol. The molecule has 1 atom stereocenters. The molecule has 2 saturated heterocycles. The van der Waals surface area contributed by atoms with Crippen LogP contribution < -0.4 is 10.2 Å². The van der Waals surface area contributed by atoms with Crippen LogP contribution in [0.2, 0.25) is 0 Å². The van der Waals surface area contributed by atoms with E-state index in [1.807, 2.05) is 34.9 Å². The van der Waals surface area contributed by atoms with Crippen LogP contribution in [0.15, 0.2) is 42.5 Å². The number of hydrogen-bond acceptors (Lipinski definition) is 3. The monoisotopic (exact) mass is 434 g/mol. The molecule has 3 amide bonds. The van der Waals surface area contributed by atoms with Gasteiger partial charge < -0.3 is 20.0 Å². The van der Waals surface area contributed by atoms with Crippen LogP contribution in [0.3, 0.4) is 0 Å². The first kappa shape index (κ1) is 22.2. The van der Waals surface area contributed by atoms with Gasteiger partial charge in [-0.3, -0.25) is 4.79 Å². The van der Waals surface area contributed by atoms with Crippen molar-refractivity contribution in [1.82, 2.24) is 9.80 Å². The molecule has 0 radical (unpaired) electrons. The normalized spacial score (nSPS) is 18.5. The lowest BCUT2D eigenvalue weighted by molar-refractivity contribution is 0.0793. The summed E-state index contributed by atoms with van der Waals surface area (Å²) >= 11 is 0. The van der Waals surface area contributed by atoms with Gasteiger partial charge in [0.25, 0.3) is 5.91 Å². The van der Waals surface area contributed by atoms with Crippen LogP contribution in [0.25, 0.3) is 0 Å². The molecular formula is C26H34N4O2. The Bertz CT molecular complexity index is 966. The highest BCUT2D eigenvalue weighted by Gasteiger charge is 2.28. The number of nitrogens with zero attached hydrogens (tertiary/aromatic N) is 3. The van der Waals surface area contributed by atoms with Crippen LogP contribution in [-0.2, 0) is 0 Å². The fourth-order valence-corrected chi connectivity index (χ4v) is 4.77. The maximum Gasteiger partial charge on any atom is 0.321 e. The minimum Gasteiger partial charge on any atom is -0.370 e. The van der Waals surface area contributed by atoms with E-state index >= 15 is 0 Å². The molecule has 2 aliphatic rings. The van der Waals surface area contributed by atoms with Crippen molar-refractivity contribution in [2.24, 2.45) is 0 Å². The van der Waals surface area contributed by atoms with Crippen molar-refractivity contribution in [3.63, 3.8) is 0 Å². The van der Waals surface area contributed by atoms with Crippen LogP contribution in [0, 0.1) is 13.8 Å². The van der Waals surface area contributed by atoms with E-state index in [2.05, 4.69) is 48.5 Å². The van der Waals surface area contributed by atoms with Gasteiger partial charge >= 0.3 is 6.03 Å². The number of amides is 3. The molecule has 6 nitrogen and oxygen atoms in total. The number of aryl methyl sites for hydroxylation is 2. The largest absolute Gasteiger partial charge is 0.370 e. The Morgan fingerprint density at radius 3 is 2.34 bits per heavy atom. The summed E-state index contributed by atoms with van der Waals surface area (Å²) in [6, 6.07) is 14.3. The van der Waals surface area contributed by atoms with Gasteiger partial charge in [0.2, 0.25) is 0 Å². The number of anilines is 2. The molecule has 0 unspecified atom stereocenters. The van der Waals surface area contributed by atoms with Crippen molar-refractivity contribution in [1.29, 1.82) is 0 Å². The van der Waals surface area contributed by atoms with E-state index in [1.54, 1.807) is 0 Å². The van der Waals surface area contributed by atoms with Crippen molar-refractivity contribution in [3.8, 4) is 0 Å². The van der Waals surface area contributed by atoms with E-state index in [-0.39, 0.29) is 18.0 Å². The molecule has 0 aliphatic carbocycles. The van der Waals surface area contributed by atoms with Crippen LogP contribution in [0.1, 0.15) is 47.2 Å². The predicted molar refractivity (Wildman–Crippen MR) is 130 cm³/mol. The van der Waals surface area contributed by atoms with Crippen molar-refractivity contribution in [2.75, 3.05) is 43.4 Å². The first-order valence-corrected chi connectivity index (χ1v) is 11.7. The van der Waals surface area contributed by atoms with E-state index in [0.717, 1.165) is 50.9 Å². The lowest BCUT2D eigenvalue weighted by Gasteiger charge is -2.38. The second-order valence-corrected chi connectivity index (χ2v) is 9.12. The number of piperidine rings is 1. The SMILES string of the molecule is Cc1ccc(N(C)[C@@H]2CCCN(C(=O)Nc3cccc(C)c3C(=O)N3CCCC3)C2)cc1. The molecule has 0 bridgehead atoms. The van der Waals surface area contributed by atoms with Crippen molar-refractivity contribution >= 4 is 23.3 Å². The molecule has 170 valence electrons. The smallest absolute Gasteiger partial charge is 0.321 e. The topological polar surface area (TPSA) is 55.9 Å². The highest BCUT2D eigenvalue weighted by molar-refractivity contribution is 6.04. The summed E-state index contributed by atoms with van der Waals surface area (Å²) in [5.74, 6) is 0.0199. The summed E-state index contributed by atoms with van der Waals surface area (Å²) in [6.07, 6.45) is 4.10. The maximum atomic E-state index is 13.2. The van der Waals surface area contributed by atoms with Gasteiger partial charge in [0.15, 0.2) is 0 Å². The Balaban J connectivity index is 1.46. The molecule has 0 aromatic heterocycles. The third-order valence-corrected chi connectivity index (χ3v) is 6.79. The summed E-state index contributed by atoms with van der Waals surface area (Å²) in [7, 11) is 2.10. The number of benzene rings is 2. The Morgan fingerprint density at radius 2 is 1.62 bits per heavy atom. The molecule has 1 N–H and O–H groups in total. The molecule has 6 heteroatoms. The summed E-state index contributed by atoms with van der Waals surface area (Å²) in [6.45, 7) is 7.00. The number of urea groups is 1. The zero-order chi connectivity index (χ0) is 22.7. The number of nitrogens with one attached hydrogen (secondary N) is 1. The highest BCUT2D eigenvalue weighted by atomic mass is 16.2. The fraction of sp³-hybridized carbons (Fsp3) is 0.462. The zero-order valence-electron chi connectivity index (χ0n) is 19.4. The van der Waals surface area contributed by atoms with Crippen LogP contribution in [0.4, 0.5) is 16.2 Å². The summed E-state index contributed by atoms with van der Waals surface area (Å²) in [4.78, 5) is 32.4. The lowest BCUT2D eigenvalue weighted by Crippen LogP contribution is -2.50. The average molecular weight is 435 g/mol. The van der Waals surface area contributed by atoms with E-state index in [1.165, 1.54) is 11.3 Å². The van der Waals surface area contributed by atoms with E-state index in [4.69, 9.17) is 0 Å². The van der Waals surface area contributed by atoms with Gasteiger partial charge in [-0.1, -0.05) is 29.8 Å². The summed E-state index contributed by atoms with van der Waals surface area (Å²) < 4.78 is 0. The van der Waals surface area contributed by atoms with Gasteiger partial charge in [-0.05, 0) is 63.3 Å². The number of rotatable bonds is 4. The molecule has 2 aromatic carbocycles. The maximum absolute atomic E-state index is 13.2. The predicted octanol–water partition coefficient (Wildman–Crippen LogP) is 4.67. The van der Waals surface area contributed by atoms with Gasteiger partial charge in [0.1, 0.15) is 0 Å². The summed E-state index contributed by atoms with van der Waals surface area (Å²) in [5.41, 5.74) is 4.54. The quantitative estimate of drug-likeness (QED) is 0.761. The number of hydrogen-bond donors (Lipinski definition) is 1. The number of carbonyl (C=O) groups is 2. The highest BCUT2D eigenvalue weighted by Crippen LogP contribution is 2.26. The first-order valence-electron chi connectivity index (χ1n) is 11.7. The average Bonchev–Trinajstić information content (AvgIpc) is 3.34. The van der Waals surface area contributed by atoms with Crippen molar-refractivity contribution < 1.29 is 9.59 Å². The molecule has 2 aliphatic heterocycles.